The minimum atomic E-state index is -0.807. The molecule has 0 unspecified atom stereocenters. The molecule has 0 N–H and O–H groups in total. The van der Waals surface area contributed by atoms with Crippen LogP contribution in [0.2, 0.25) is 0 Å². The molecule has 0 spiro atoms. The van der Waals surface area contributed by atoms with Crippen LogP contribution in [0.25, 0.3) is 11.0 Å². The van der Waals surface area contributed by atoms with Crippen molar-refractivity contribution in [1.82, 2.24) is 24.8 Å². The second kappa shape index (κ2) is 11.4. The Balaban J connectivity index is 1.49. The molecule has 0 aliphatic carbocycles. The van der Waals surface area contributed by atoms with Gasteiger partial charge in [-0.3, -0.25) is 4.79 Å². The summed E-state index contributed by atoms with van der Waals surface area (Å²) in [7, 11) is 3.53. The largest absolute Gasteiger partial charge is 0.616 e. The summed E-state index contributed by atoms with van der Waals surface area (Å²) in [5, 5.41) is 0. The van der Waals surface area contributed by atoms with Gasteiger partial charge in [0.2, 0.25) is 11.9 Å². The monoisotopic (exact) mass is 524 g/mol. The van der Waals surface area contributed by atoms with Gasteiger partial charge < -0.3 is 28.9 Å². The van der Waals surface area contributed by atoms with Crippen LogP contribution in [0.3, 0.4) is 0 Å². The van der Waals surface area contributed by atoms with Crippen molar-refractivity contribution < 1.29 is 14.1 Å². The Morgan fingerprint density at radius 2 is 1.73 bits per heavy atom. The second-order valence-corrected chi connectivity index (χ2v) is 10.9. The maximum Gasteiger partial charge on any atom is 0.248 e. The third kappa shape index (κ3) is 5.71. The number of benzene rings is 1. The minimum absolute atomic E-state index is 0.0122. The molecular weight excluding hydrogens is 492 g/mol. The van der Waals surface area contributed by atoms with Crippen LogP contribution in [0.15, 0.2) is 36.7 Å². The third-order valence-electron chi connectivity index (χ3n) is 6.72. The van der Waals surface area contributed by atoms with E-state index in [1.165, 1.54) is 12.7 Å². The van der Waals surface area contributed by atoms with Crippen molar-refractivity contribution in [3.05, 3.63) is 42.2 Å². The molecule has 2 aliphatic heterocycles. The van der Waals surface area contributed by atoms with E-state index < -0.39 is 11.2 Å². The number of methoxy groups -OCH3 is 1. The first-order chi connectivity index (χ1) is 18.0. The van der Waals surface area contributed by atoms with Crippen molar-refractivity contribution >= 4 is 45.7 Å². The Labute approximate surface area is 219 Å². The van der Waals surface area contributed by atoms with Crippen molar-refractivity contribution in [3.63, 3.8) is 0 Å². The number of hydrogen-bond acceptors (Lipinski definition) is 10. The van der Waals surface area contributed by atoms with E-state index in [2.05, 4.69) is 36.8 Å². The smallest absolute Gasteiger partial charge is 0.248 e. The first kappa shape index (κ1) is 25.4. The number of anilines is 3. The number of fused-ring (bicyclic) bond motifs is 1. The molecule has 1 amide bonds. The second-order valence-electron chi connectivity index (χ2n) is 9.22. The maximum absolute atomic E-state index is 12.3. The lowest BCUT2D eigenvalue weighted by Crippen LogP contribution is -2.50. The van der Waals surface area contributed by atoms with Gasteiger partial charge in [-0.1, -0.05) is 41.5 Å². The standard InChI is InChI=1S/C25H32N8O3S/c1-30(16-19-6-4-3-5-7-19)23-22-21(26-18-27-23)24(32-12-14-37(35)15-13-32)29-25(28-22)33-10-8-31(9-11-33)20(34)17-36-2/h3-7,18H,8-17H2,1-2H3. The van der Waals surface area contributed by atoms with Gasteiger partial charge in [0.15, 0.2) is 11.6 Å². The molecule has 0 atom stereocenters. The van der Waals surface area contributed by atoms with E-state index in [1.807, 2.05) is 30.1 Å². The van der Waals surface area contributed by atoms with Crippen LogP contribution in [0.5, 0.6) is 0 Å². The number of amides is 1. The summed E-state index contributed by atoms with van der Waals surface area (Å²) in [5.41, 5.74) is 2.54. The fourth-order valence-electron chi connectivity index (χ4n) is 4.70. The zero-order valence-electron chi connectivity index (χ0n) is 21.2. The van der Waals surface area contributed by atoms with Crippen molar-refractivity contribution in [2.75, 3.05) is 86.2 Å². The molecule has 2 aromatic heterocycles. The molecule has 11 nitrogen and oxygen atoms in total. The van der Waals surface area contributed by atoms with E-state index in [0.29, 0.717) is 74.3 Å². The van der Waals surface area contributed by atoms with Crippen LogP contribution >= 0.6 is 0 Å². The number of piperazine rings is 1. The van der Waals surface area contributed by atoms with Crippen molar-refractivity contribution in [2.24, 2.45) is 0 Å². The summed E-state index contributed by atoms with van der Waals surface area (Å²) in [6.07, 6.45) is 1.56. The Morgan fingerprint density at radius 3 is 2.43 bits per heavy atom. The summed E-state index contributed by atoms with van der Waals surface area (Å²) in [5.74, 6) is 3.26. The number of rotatable bonds is 7. The van der Waals surface area contributed by atoms with Crippen LogP contribution < -0.4 is 14.7 Å². The van der Waals surface area contributed by atoms with Crippen molar-refractivity contribution in [1.29, 1.82) is 0 Å². The molecule has 37 heavy (non-hydrogen) atoms. The number of aromatic nitrogens is 4. The van der Waals surface area contributed by atoms with E-state index in [0.717, 1.165) is 11.6 Å². The van der Waals surface area contributed by atoms with Crippen LogP contribution in [0.4, 0.5) is 17.6 Å². The SMILES string of the molecule is COCC(=O)N1CCN(c2nc(N3CC[S+]([O-])CC3)c3ncnc(N(C)Cc4ccccc4)c3n2)CC1. The van der Waals surface area contributed by atoms with Gasteiger partial charge in [0.1, 0.15) is 35.5 Å². The molecule has 12 heteroatoms. The van der Waals surface area contributed by atoms with Gasteiger partial charge >= 0.3 is 0 Å². The Hall–Kier alpha value is -3.22. The molecule has 4 heterocycles. The summed E-state index contributed by atoms with van der Waals surface area (Å²) >= 11 is -0.807. The topological polar surface area (TPSA) is 114 Å². The Morgan fingerprint density at radius 1 is 1.00 bits per heavy atom. The predicted molar refractivity (Wildman–Crippen MR) is 144 cm³/mol. The molecule has 3 aromatic rings. The highest BCUT2D eigenvalue weighted by molar-refractivity contribution is 7.91. The molecule has 0 saturated carbocycles. The quantitative estimate of drug-likeness (QED) is 0.413. The number of nitrogens with zero attached hydrogens (tertiary/aromatic N) is 8. The molecule has 5 rings (SSSR count). The van der Waals surface area contributed by atoms with E-state index in [-0.39, 0.29) is 12.5 Å². The van der Waals surface area contributed by atoms with Gasteiger partial charge in [0.05, 0.1) is 13.1 Å². The molecule has 0 bridgehead atoms. The van der Waals surface area contributed by atoms with Crippen LogP contribution in [0.1, 0.15) is 5.56 Å². The zero-order valence-corrected chi connectivity index (χ0v) is 22.1. The van der Waals surface area contributed by atoms with E-state index in [1.54, 1.807) is 6.33 Å². The third-order valence-corrected chi connectivity index (χ3v) is 7.99. The molecule has 2 saturated heterocycles. The maximum atomic E-state index is 12.3. The number of carbonyl (C=O) groups excluding carboxylic acids is 1. The lowest BCUT2D eigenvalue weighted by molar-refractivity contribution is -0.135. The van der Waals surface area contributed by atoms with Gasteiger partial charge in [-0.25, -0.2) is 15.0 Å². The lowest BCUT2D eigenvalue weighted by atomic mass is 10.2. The zero-order chi connectivity index (χ0) is 25.8. The molecule has 2 fully saturated rings. The van der Waals surface area contributed by atoms with Crippen LogP contribution in [-0.2, 0) is 27.3 Å². The fraction of sp³-hybridized carbons (Fsp3) is 0.480. The number of ether oxygens (including phenoxy) is 1. The molecule has 2 aliphatic rings. The van der Waals surface area contributed by atoms with E-state index >= 15 is 0 Å². The molecule has 196 valence electrons. The summed E-state index contributed by atoms with van der Waals surface area (Å²) in [4.78, 5) is 39.6. The highest BCUT2D eigenvalue weighted by Crippen LogP contribution is 2.31. The van der Waals surface area contributed by atoms with E-state index in [4.69, 9.17) is 14.7 Å². The molecular formula is C25H32N8O3S. The van der Waals surface area contributed by atoms with Gasteiger partial charge in [-0.15, -0.1) is 0 Å². The number of carbonyl (C=O) groups is 1. The average molecular weight is 525 g/mol. The lowest BCUT2D eigenvalue weighted by Gasteiger charge is -2.35. The summed E-state index contributed by atoms with van der Waals surface area (Å²) in [6.45, 7) is 4.45. The normalized spacial score (nSPS) is 16.9. The Bertz CT molecular complexity index is 1220. The summed E-state index contributed by atoms with van der Waals surface area (Å²) in [6, 6.07) is 10.2. The average Bonchev–Trinajstić information content (AvgIpc) is 2.93. The van der Waals surface area contributed by atoms with Gasteiger partial charge in [-0.2, -0.15) is 4.98 Å². The number of hydrogen-bond donors (Lipinski definition) is 0. The highest BCUT2D eigenvalue weighted by atomic mass is 32.2. The van der Waals surface area contributed by atoms with Crippen LogP contribution in [-0.4, -0.2) is 107 Å². The van der Waals surface area contributed by atoms with Crippen molar-refractivity contribution in [2.45, 2.75) is 6.54 Å². The van der Waals surface area contributed by atoms with Gasteiger partial charge in [-0.05, 0) is 5.56 Å². The van der Waals surface area contributed by atoms with Gasteiger partial charge in [0, 0.05) is 46.9 Å². The van der Waals surface area contributed by atoms with E-state index in [9.17, 15) is 9.35 Å². The highest BCUT2D eigenvalue weighted by Gasteiger charge is 2.28. The minimum Gasteiger partial charge on any atom is -0.616 e. The predicted octanol–water partition coefficient (Wildman–Crippen LogP) is 0.920. The molecule has 0 radical (unpaired) electrons. The first-order valence-electron chi connectivity index (χ1n) is 12.4. The molecule has 1 aromatic carbocycles. The van der Waals surface area contributed by atoms with Crippen molar-refractivity contribution in [3.8, 4) is 0 Å². The Kier molecular flexibility index (Phi) is 7.87. The van der Waals surface area contributed by atoms with Crippen LogP contribution in [0, 0.1) is 0 Å². The van der Waals surface area contributed by atoms with Gasteiger partial charge in [0.25, 0.3) is 0 Å². The summed E-state index contributed by atoms with van der Waals surface area (Å²) < 4.78 is 17.0. The first-order valence-corrected chi connectivity index (χ1v) is 13.9. The fourth-order valence-corrected chi connectivity index (χ4v) is 5.75.